The summed E-state index contributed by atoms with van der Waals surface area (Å²) < 4.78 is 57.8. The molecule has 0 N–H and O–H groups in total. The molecule has 4 heteroatoms. The Hall–Kier alpha value is -3.66. The molecule has 33 heavy (non-hydrogen) atoms. The molecule has 0 saturated heterocycles. The zero-order valence-electron chi connectivity index (χ0n) is 18.3. The van der Waals surface area contributed by atoms with Crippen molar-refractivity contribution in [1.29, 1.82) is 0 Å². The average molecular weight is 446 g/mol. The van der Waals surface area contributed by atoms with E-state index in [1.807, 2.05) is 19.1 Å². The maximum Gasteiger partial charge on any atom is 0.167 e. The highest BCUT2D eigenvalue weighted by Crippen LogP contribution is 2.32. The zero-order chi connectivity index (χ0) is 23.5. The highest BCUT2D eigenvalue weighted by atomic mass is 19.2. The van der Waals surface area contributed by atoms with E-state index < -0.39 is 23.3 Å². The van der Waals surface area contributed by atoms with E-state index in [0.717, 1.165) is 11.1 Å². The van der Waals surface area contributed by atoms with Gasteiger partial charge in [-0.25, -0.2) is 17.6 Å². The highest BCUT2D eigenvalue weighted by molar-refractivity contribution is 5.74. The van der Waals surface area contributed by atoms with Crippen molar-refractivity contribution in [1.82, 2.24) is 0 Å². The van der Waals surface area contributed by atoms with Crippen LogP contribution < -0.4 is 0 Å². The Labute approximate surface area is 190 Å². The second-order valence-corrected chi connectivity index (χ2v) is 7.91. The lowest BCUT2D eigenvalue weighted by molar-refractivity contribution is 0.498. The average Bonchev–Trinajstić information content (AvgIpc) is 2.83. The SMILES string of the molecule is CCc1ccc(C=Cc2ccc(-c3ccc(-c4ccc(C)cc4)c(F)c3F)cc2)c(F)c1F. The van der Waals surface area contributed by atoms with E-state index in [1.54, 1.807) is 67.6 Å². The molecule has 0 heterocycles. The molecule has 0 amide bonds. The Kier molecular flexibility index (Phi) is 6.45. The molecule has 0 nitrogen and oxygen atoms in total. The molecule has 4 rings (SSSR count). The summed E-state index contributed by atoms with van der Waals surface area (Å²) in [5, 5.41) is 0. The molecule has 0 unspecified atom stereocenters. The summed E-state index contributed by atoms with van der Waals surface area (Å²) in [5.41, 5.74) is 3.72. The summed E-state index contributed by atoms with van der Waals surface area (Å²) in [6.45, 7) is 3.69. The topological polar surface area (TPSA) is 0 Å². The monoisotopic (exact) mass is 446 g/mol. The minimum Gasteiger partial charge on any atom is -0.203 e. The molecule has 0 atom stereocenters. The summed E-state index contributed by atoms with van der Waals surface area (Å²) in [6.07, 6.45) is 3.55. The van der Waals surface area contributed by atoms with E-state index in [4.69, 9.17) is 0 Å². The minimum atomic E-state index is -0.912. The molecule has 0 aliphatic carbocycles. The first kappa shape index (κ1) is 22.5. The second kappa shape index (κ2) is 9.45. The van der Waals surface area contributed by atoms with Gasteiger partial charge in [-0.05, 0) is 35.6 Å². The standard InChI is InChI=1S/C29H22F4/c1-3-20-14-15-23(27(31)26(20)30)13-8-19-6-11-22(12-7-19)25-17-16-24(28(32)29(25)33)21-9-4-18(2)5-10-21/h4-17H,3H2,1-2H3. The summed E-state index contributed by atoms with van der Waals surface area (Å²) in [6, 6.07) is 20.2. The fourth-order valence-corrected chi connectivity index (χ4v) is 3.69. The zero-order valence-corrected chi connectivity index (χ0v) is 18.3. The van der Waals surface area contributed by atoms with Gasteiger partial charge < -0.3 is 0 Å². The lowest BCUT2D eigenvalue weighted by atomic mass is 9.97. The van der Waals surface area contributed by atoms with Gasteiger partial charge >= 0.3 is 0 Å². The van der Waals surface area contributed by atoms with Crippen LogP contribution in [-0.2, 0) is 6.42 Å². The first-order valence-electron chi connectivity index (χ1n) is 10.7. The van der Waals surface area contributed by atoms with Crippen LogP contribution in [0.2, 0.25) is 0 Å². The van der Waals surface area contributed by atoms with E-state index >= 15 is 0 Å². The number of benzene rings is 4. The molecule has 166 valence electrons. The van der Waals surface area contributed by atoms with Gasteiger partial charge in [0, 0.05) is 16.7 Å². The summed E-state index contributed by atoms with van der Waals surface area (Å²) >= 11 is 0. The van der Waals surface area contributed by atoms with Gasteiger partial charge in [-0.15, -0.1) is 0 Å². The van der Waals surface area contributed by atoms with Gasteiger partial charge in [0.05, 0.1) is 0 Å². The van der Waals surface area contributed by atoms with E-state index in [2.05, 4.69) is 0 Å². The first-order chi connectivity index (χ1) is 15.9. The number of halogens is 4. The molecule has 4 aromatic carbocycles. The van der Waals surface area contributed by atoms with Gasteiger partial charge in [-0.2, -0.15) is 0 Å². The molecular weight excluding hydrogens is 424 g/mol. The third-order valence-corrected chi connectivity index (χ3v) is 5.69. The second-order valence-electron chi connectivity index (χ2n) is 7.91. The third kappa shape index (κ3) is 4.61. The minimum absolute atomic E-state index is 0.147. The van der Waals surface area contributed by atoms with Gasteiger partial charge in [0.1, 0.15) is 0 Å². The van der Waals surface area contributed by atoms with E-state index in [1.165, 1.54) is 12.1 Å². The van der Waals surface area contributed by atoms with Crippen molar-refractivity contribution in [3.05, 3.63) is 118 Å². The molecule has 0 aliphatic rings. The van der Waals surface area contributed by atoms with Crippen LogP contribution in [0.1, 0.15) is 29.2 Å². The molecule has 0 aromatic heterocycles. The van der Waals surface area contributed by atoms with Gasteiger partial charge in [-0.3, -0.25) is 0 Å². The molecule has 0 aliphatic heterocycles. The molecule has 0 spiro atoms. The van der Waals surface area contributed by atoms with Crippen LogP contribution in [0.3, 0.4) is 0 Å². The Balaban J connectivity index is 1.58. The number of hydrogen-bond acceptors (Lipinski definition) is 0. The maximum atomic E-state index is 14.9. The Bertz CT molecular complexity index is 1320. The van der Waals surface area contributed by atoms with E-state index in [9.17, 15) is 17.6 Å². The van der Waals surface area contributed by atoms with Crippen LogP contribution in [0.25, 0.3) is 34.4 Å². The van der Waals surface area contributed by atoms with Crippen LogP contribution in [0, 0.1) is 30.2 Å². The van der Waals surface area contributed by atoms with Crippen LogP contribution in [0.5, 0.6) is 0 Å². The van der Waals surface area contributed by atoms with Crippen molar-refractivity contribution in [3.8, 4) is 22.3 Å². The third-order valence-electron chi connectivity index (χ3n) is 5.69. The van der Waals surface area contributed by atoms with Crippen molar-refractivity contribution < 1.29 is 17.6 Å². The highest BCUT2D eigenvalue weighted by Gasteiger charge is 2.16. The van der Waals surface area contributed by atoms with Crippen LogP contribution >= 0.6 is 0 Å². The Morgan fingerprint density at radius 1 is 0.576 bits per heavy atom. The fraction of sp³-hybridized carbons (Fsp3) is 0.103. The van der Waals surface area contributed by atoms with Crippen molar-refractivity contribution in [2.45, 2.75) is 20.3 Å². The molecule has 0 radical (unpaired) electrons. The van der Waals surface area contributed by atoms with Gasteiger partial charge in [-0.1, -0.05) is 97.4 Å². The largest absolute Gasteiger partial charge is 0.203 e. The quantitative estimate of drug-likeness (QED) is 0.213. The number of aryl methyl sites for hydroxylation is 2. The lowest BCUT2D eigenvalue weighted by Crippen LogP contribution is -1.95. The molecule has 0 bridgehead atoms. The first-order valence-corrected chi connectivity index (χ1v) is 10.7. The summed E-state index contributed by atoms with van der Waals surface area (Å²) in [4.78, 5) is 0. The van der Waals surface area contributed by atoms with Gasteiger partial charge in [0.2, 0.25) is 0 Å². The maximum absolute atomic E-state index is 14.9. The van der Waals surface area contributed by atoms with Crippen LogP contribution in [0.15, 0.2) is 72.8 Å². The lowest BCUT2D eigenvalue weighted by Gasteiger charge is -2.10. The van der Waals surface area contributed by atoms with Gasteiger partial charge in [0.15, 0.2) is 23.3 Å². The molecule has 0 saturated carbocycles. The predicted molar refractivity (Wildman–Crippen MR) is 127 cm³/mol. The number of rotatable bonds is 5. The van der Waals surface area contributed by atoms with Crippen molar-refractivity contribution in [2.75, 3.05) is 0 Å². The summed E-state index contributed by atoms with van der Waals surface area (Å²) in [5.74, 6) is -3.52. The van der Waals surface area contributed by atoms with Gasteiger partial charge in [0.25, 0.3) is 0 Å². The Morgan fingerprint density at radius 2 is 1.12 bits per heavy atom. The molecular formula is C29H22F4. The van der Waals surface area contributed by atoms with Crippen LogP contribution in [0.4, 0.5) is 17.6 Å². The van der Waals surface area contributed by atoms with Crippen molar-refractivity contribution in [2.24, 2.45) is 0 Å². The Morgan fingerprint density at radius 3 is 1.67 bits per heavy atom. The van der Waals surface area contributed by atoms with E-state index in [-0.39, 0.29) is 16.7 Å². The molecule has 4 aromatic rings. The normalized spacial score (nSPS) is 11.3. The van der Waals surface area contributed by atoms with E-state index in [0.29, 0.717) is 23.1 Å². The van der Waals surface area contributed by atoms with Crippen molar-refractivity contribution >= 4 is 12.2 Å². The molecule has 0 fully saturated rings. The van der Waals surface area contributed by atoms with Crippen LogP contribution in [-0.4, -0.2) is 0 Å². The smallest absolute Gasteiger partial charge is 0.167 e. The summed E-state index contributed by atoms with van der Waals surface area (Å²) in [7, 11) is 0. The predicted octanol–water partition coefficient (Wildman–Crippen LogP) is 8.62. The number of hydrogen-bond donors (Lipinski definition) is 0. The fourth-order valence-electron chi connectivity index (χ4n) is 3.69. The van der Waals surface area contributed by atoms with Crippen molar-refractivity contribution in [3.63, 3.8) is 0 Å².